The van der Waals surface area contributed by atoms with Crippen molar-refractivity contribution >= 4 is 21.8 Å². The van der Waals surface area contributed by atoms with Crippen molar-refractivity contribution in [3.63, 3.8) is 0 Å². The van der Waals surface area contributed by atoms with Crippen LogP contribution in [0.4, 0.5) is 4.39 Å². The number of carbonyl (C=O) groups is 2. The second kappa shape index (κ2) is 10.7. The Morgan fingerprint density at radius 3 is 2.42 bits per heavy atom. The predicted octanol–water partition coefficient (Wildman–Crippen LogP) is 3.48. The zero-order valence-corrected chi connectivity index (χ0v) is 19.2. The van der Waals surface area contributed by atoms with E-state index in [1.165, 1.54) is 19.2 Å². The molecule has 31 heavy (non-hydrogen) atoms. The molecule has 0 atom stereocenters. The van der Waals surface area contributed by atoms with E-state index >= 15 is 0 Å². The molecule has 0 radical (unpaired) electrons. The fraction of sp³-hybridized carbons (Fsp3) is 0.455. The van der Waals surface area contributed by atoms with Crippen molar-refractivity contribution in [1.82, 2.24) is 8.87 Å². The standard InChI is InChI=1S/C22H29FN2O5S/c1-5-12-25-16(2)14-20(17(25)3)21(26)15-30-22(27)7-6-13-24(4)31(28,29)19-10-8-18(23)9-11-19/h8-11,14H,5-7,12-13,15H2,1-4H3. The molecule has 7 nitrogen and oxygen atoms in total. The van der Waals surface area contributed by atoms with Crippen molar-refractivity contribution in [3.8, 4) is 0 Å². The number of halogens is 1. The predicted molar refractivity (Wildman–Crippen MR) is 115 cm³/mol. The number of sulfonamides is 1. The zero-order chi connectivity index (χ0) is 23.2. The highest BCUT2D eigenvalue weighted by Gasteiger charge is 2.21. The molecule has 0 N–H and O–H groups in total. The summed E-state index contributed by atoms with van der Waals surface area (Å²) in [5.74, 6) is -1.35. The van der Waals surface area contributed by atoms with Gasteiger partial charge in [-0.1, -0.05) is 6.92 Å². The van der Waals surface area contributed by atoms with Gasteiger partial charge in [0, 0.05) is 43.5 Å². The van der Waals surface area contributed by atoms with Crippen molar-refractivity contribution in [2.45, 2.75) is 51.5 Å². The lowest BCUT2D eigenvalue weighted by atomic mass is 10.1. The zero-order valence-electron chi connectivity index (χ0n) is 18.4. The Kier molecular flexibility index (Phi) is 8.52. The fourth-order valence-electron chi connectivity index (χ4n) is 3.30. The van der Waals surface area contributed by atoms with Gasteiger partial charge in [0.2, 0.25) is 15.8 Å². The Morgan fingerprint density at radius 1 is 1.16 bits per heavy atom. The van der Waals surface area contributed by atoms with Gasteiger partial charge in [0.25, 0.3) is 0 Å². The van der Waals surface area contributed by atoms with Gasteiger partial charge in [-0.25, -0.2) is 17.1 Å². The van der Waals surface area contributed by atoms with Gasteiger partial charge in [0.15, 0.2) is 6.61 Å². The number of aryl methyl sites for hydroxylation is 1. The van der Waals surface area contributed by atoms with Crippen LogP contribution in [0.2, 0.25) is 0 Å². The summed E-state index contributed by atoms with van der Waals surface area (Å²) in [4.78, 5) is 24.4. The van der Waals surface area contributed by atoms with E-state index in [4.69, 9.17) is 4.74 Å². The molecular formula is C22H29FN2O5S. The Morgan fingerprint density at radius 2 is 1.81 bits per heavy atom. The third-order valence-corrected chi connectivity index (χ3v) is 6.93. The normalized spacial score (nSPS) is 11.7. The van der Waals surface area contributed by atoms with Crippen LogP contribution < -0.4 is 0 Å². The first kappa shape index (κ1) is 24.7. The Hall–Kier alpha value is -2.52. The van der Waals surface area contributed by atoms with Gasteiger partial charge >= 0.3 is 5.97 Å². The Balaban J connectivity index is 1.82. The third-order valence-electron chi connectivity index (χ3n) is 5.06. The molecule has 0 aliphatic carbocycles. The molecule has 0 spiro atoms. The first-order valence-electron chi connectivity index (χ1n) is 10.1. The monoisotopic (exact) mass is 452 g/mol. The molecule has 1 heterocycles. The van der Waals surface area contributed by atoms with Crippen molar-refractivity contribution in [2.75, 3.05) is 20.2 Å². The lowest BCUT2D eigenvalue weighted by molar-refractivity contribution is -0.142. The van der Waals surface area contributed by atoms with Crippen LogP contribution in [-0.2, 0) is 26.1 Å². The first-order valence-corrected chi connectivity index (χ1v) is 11.6. The molecule has 0 amide bonds. The number of benzene rings is 1. The van der Waals surface area contributed by atoms with Crippen LogP contribution in [0, 0.1) is 19.7 Å². The van der Waals surface area contributed by atoms with E-state index in [9.17, 15) is 22.4 Å². The highest BCUT2D eigenvalue weighted by Crippen LogP contribution is 2.17. The van der Waals surface area contributed by atoms with Crippen LogP contribution >= 0.6 is 0 Å². The number of rotatable bonds is 11. The average Bonchev–Trinajstić information content (AvgIpc) is 3.01. The van der Waals surface area contributed by atoms with E-state index in [1.54, 1.807) is 6.07 Å². The van der Waals surface area contributed by atoms with Gasteiger partial charge in [0.1, 0.15) is 5.82 Å². The minimum Gasteiger partial charge on any atom is -0.457 e. The molecule has 0 aliphatic rings. The molecule has 0 fully saturated rings. The van der Waals surface area contributed by atoms with Crippen molar-refractivity contribution in [2.24, 2.45) is 0 Å². The third kappa shape index (κ3) is 6.24. The molecule has 170 valence electrons. The lowest BCUT2D eigenvalue weighted by Crippen LogP contribution is -2.28. The summed E-state index contributed by atoms with van der Waals surface area (Å²) in [5, 5.41) is 0. The molecule has 0 bridgehead atoms. The quantitative estimate of drug-likeness (QED) is 0.385. The van der Waals surface area contributed by atoms with Gasteiger partial charge < -0.3 is 9.30 Å². The lowest BCUT2D eigenvalue weighted by Gasteiger charge is -2.16. The van der Waals surface area contributed by atoms with Crippen LogP contribution in [0.25, 0.3) is 0 Å². The van der Waals surface area contributed by atoms with Crippen LogP contribution in [0.1, 0.15) is 47.9 Å². The number of esters is 1. The number of aromatic nitrogens is 1. The van der Waals surface area contributed by atoms with Crippen molar-refractivity contribution in [3.05, 3.63) is 53.1 Å². The smallest absolute Gasteiger partial charge is 0.306 e. The highest BCUT2D eigenvalue weighted by atomic mass is 32.2. The van der Waals surface area contributed by atoms with Gasteiger partial charge in [-0.05, 0) is 57.0 Å². The maximum atomic E-state index is 13.0. The molecule has 2 aromatic rings. The largest absolute Gasteiger partial charge is 0.457 e. The summed E-state index contributed by atoms with van der Waals surface area (Å²) < 4.78 is 46.1. The topological polar surface area (TPSA) is 85.7 Å². The number of Topliss-reactive ketones (excluding diaryl/α,β-unsaturated/α-hetero) is 1. The maximum Gasteiger partial charge on any atom is 0.306 e. The van der Waals surface area contributed by atoms with Crippen LogP contribution in [0.3, 0.4) is 0 Å². The maximum absolute atomic E-state index is 13.0. The van der Waals surface area contributed by atoms with E-state index in [2.05, 4.69) is 11.5 Å². The number of carbonyl (C=O) groups excluding carboxylic acids is 2. The summed E-state index contributed by atoms with van der Waals surface area (Å²) >= 11 is 0. The summed E-state index contributed by atoms with van der Waals surface area (Å²) in [6.07, 6.45) is 1.16. The Bertz CT molecular complexity index is 1030. The van der Waals surface area contributed by atoms with Gasteiger partial charge in [-0.3, -0.25) is 9.59 Å². The molecule has 0 aliphatic heterocycles. The average molecular weight is 453 g/mol. The fourth-order valence-corrected chi connectivity index (χ4v) is 4.51. The van der Waals surface area contributed by atoms with E-state index in [1.807, 2.05) is 13.8 Å². The second-order valence-electron chi connectivity index (χ2n) is 7.40. The molecule has 0 saturated heterocycles. The molecular weight excluding hydrogens is 423 g/mol. The summed E-state index contributed by atoms with van der Waals surface area (Å²) in [6, 6.07) is 6.34. The van der Waals surface area contributed by atoms with E-state index in [0.717, 1.165) is 40.8 Å². The number of hydrogen-bond acceptors (Lipinski definition) is 5. The minimum atomic E-state index is -3.77. The van der Waals surface area contributed by atoms with Crippen molar-refractivity contribution < 1.29 is 27.1 Å². The summed E-state index contributed by atoms with van der Waals surface area (Å²) in [5.41, 5.74) is 2.39. The number of hydrogen-bond donors (Lipinski definition) is 0. The summed E-state index contributed by atoms with van der Waals surface area (Å²) in [6.45, 7) is 6.42. The summed E-state index contributed by atoms with van der Waals surface area (Å²) in [7, 11) is -2.38. The highest BCUT2D eigenvalue weighted by molar-refractivity contribution is 7.89. The second-order valence-corrected chi connectivity index (χ2v) is 9.45. The van der Waals surface area contributed by atoms with E-state index in [-0.39, 0.29) is 36.7 Å². The molecule has 1 aromatic carbocycles. The van der Waals surface area contributed by atoms with Crippen LogP contribution in [0.15, 0.2) is 35.2 Å². The van der Waals surface area contributed by atoms with Crippen molar-refractivity contribution in [1.29, 1.82) is 0 Å². The van der Waals surface area contributed by atoms with Gasteiger partial charge in [-0.15, -0.1) is 0 Å². The molecule has 0 saturated carbocycles. The minimum absolute atomic E-state index is 0.0224. The SMILES string of the molecule is CCCn1c(C)cc(C(=O)COC(=O)CCCN(C)S(=O)(=O)c2ccc(F)cc2)c1C. The van der Waals surface area contributed by atoms with Gasteiger partial charge in [-0.2, -0.15) is 0 Å². The van der Waals surface area contributed by atoms with Crippen LogP contribution in [-0.4, -0.2) is 49.2 Å². The number of ether oxygens (including phenoxy) is 1. The first-order chi connectivity index (χ1) is 14.6. The molecule has 1 aromatic heterocycles. The molecule has 0 unspecified atom stereocenters. The van der Waals surface area contributed by atoms with Gasteiger partial charge in [0.05, 0.1) is 4.90 Å². The Labute approximate surface area is 182 Å². The number of ketones is 1. The number of nitrogens with zero attached hydrogens (tertiary/aromatic N) is 2. The molecule has 9 heteroatoms. The van der Waals surface area contributed by atoms with E-state index < -0.39 is 21.8 Å². The van der Waals surface area contributed by atoms with E-state index in [0.29, 0.717) is 5.56 Å². The van der Waals surface area contributed by atoms with Crippen LogP contribution in [0.5, 0.6) is 0 Å². The molecule has 2 rings (SSSR count).